The van der Waals surface area contributed by atoms with Gasteiger partial charge in [0.25, 0.3) is 10.0 Å². The van der Waals surface area contributed by atoms with Crippen molar-refractivity contribution in [2.75, 3.05) is 10.0 Å². The molecule has 0 aliphatic heterocycles. The molecule has 1 saturated carbocycles. The van der Waals surface area contributed by atoms with E-state index in [0.29, 0.717) is 16.9 Å². The smallest absolute Gasteiger partial charge is 0.261 e. The van der Waals surface area contributed by atoms with E-state index in [9.17, 15) is 13.2 Å². The number of hydrogen-bond acceptors (Lipinski definition) is 7. The van der Waals surface area contributed by atoms with Gasteiger partial charge in [-0.3, -0.25) is 9.52 Å². The van der Waals surface area contributed by atoms with Crippen LogP contribution < -0.4 is 15.8 Å². The van der Waals surface area contributed by atoms with Gasteiger partial charge in [0, 0.05) is 16.7 Å². The number of sulfonamides is 1. The molecule has 0 bridgehead atoms. The number of hydrogen-bond donors (Lipinski definition) is 3. The Labute approximate surface area is 173 Å². The summed E-state index contributed by atoms with van der Waals surface area (Å²) in [6, 6.07) is 12.8. The standard InChI is InChI=1S/C20H21N5O4S/c1-20(8-9-20)19(26)22-14-5-3-6-15(11-14)25-30(27,28)16-7-2-4-13(10-16)18-23-17(12-21)29-24-18/h2-7,10-11,25H,8-9,12,21H2,1H3,(H,22,26). The van der Waals surface area contributed by atoms with Gasteiger partial charge in [-0.25, -0.2) is 8.42 Å². The fraction of sp³-hybridized carbons (Fsp3) is 0.250. The average Bonchev–Trinajstić information content (AvgIpc) is 3.30. The first-order chi connectivity index (χ1) is 14.3. The van der Waals surface area contributed by atoms with Crippen LogP contribution >= 0.6 is 0 Å². The van der Waals surface area contributed by atoms with E-state index in [1.54, 1.807) is 36.4 Å². The molecule has 3 aromatic rings. The molecule has 1 aliphatic carbocycles. The Hall–Kier alpha value is -3.24. The number of nitrogens with one attached hydrogen (secondary N) is 2. The van der Waals surface area contributed by atoms with Crippen molar-refractivity contribution < 1.29 is 17.7 Å². The number of rotatable bonds is 7. The highest BCUT2D eigenvalue weighted by atomic mass is 32.2. The van der Waals surface area contributed by atoms with Crippen LogP contribution in [0.2, 0.25) is 0 Å². The Balaban J connectivity index is 1.54. The number of carbonyl (C=O) groups excluding carboxylic acids is 1. The quantitative estimate of drug-likeness (QED) is 0.526. The largest absolute Gasteiger partial charge is 0.338 e. The lowest BCUT2D eigenvalue weighted by Crippen LogP contribution is -2.21. The first kappa shape index (κ1) is 20.0. The minimum Gasteiger partial charge on any atom is -0.338 e. The van der Waals surface area contributed by atoms with E-state index in [0.717, 1.165) is 12.8 Å². The minimum absolute atomic E-state index is 0.0408. The summed E-state index contributed by atoms with van der Waals surface area (Å²) in [6.07, 6.45) is 1.71. The maximum atomic E-state index is 12.9. The van der Waals surface area contributed by atoms with Gasteiger partial charge < -0.3 is 15.6 Å². The molecule has 30 heavy (non-hydrogen) atoms. The van der Waals surface area contributed by atoms with Crippen LogP contribution in [0.1, 0.15) is 25.7 Å². The summed E-state index contributed by atoms with van der Waals surface area (Å²) in [5, 5.41) is 6.64. The van der Waals surface area contributed by atoms with Gasteiger partial charge in [-0.2, -0.15) is 4.98 Å². The molecule has 1 amide bonds. The zero-order chi connectivity index (χ0) is 21.4. The van der Waals surface area contributed by atoms with Crippen molar-refractivity contribution in [2.24, 2.45) is 11.1 Å². The van der Waals surface area contributed by atoms with E-state index in [2.05, 4.69) is 20.2 Å². The van der Waals surface area contributed by atoms with E-state index in [1.807, 2.05) is 6.92 Å². The molecule has 1 aromatic heterocycles. The molecule has 0 unspecified atom stereocenters. The number of carbonyl (C=O) groups is 1. The topological polar surface area (TPSA) is 140 Å². The number of anilines is 2. The molecule has 4 rings (SSSR count). The second-order valence-electron chi connectivity index (χ2n) is 7.44. The maximum absolute atomic E-state index is 12.9. The van der Waals surface area contributed by atoms with Crippen molar-refractivity contribution in [1.82, 2.24) is 10.1 Å². The summed E-state index contributed by atoms with van der Waals surface area (Å²) in [5.74, 6) is 0.452. The summed E-state index contributed by atoms with van der Waals surface area (Å²) in [4.78, 5) is 16.4. The Bertz CT molecular complexity index is 1200. The summed E-state index contributed by atoms with van der Waals surface area (Å²) >= 11 is 0. The fourth-order valence-corrected chi connectivity index (χ4v) is 3.92. The summed E-state index contributed by atoms with van der Waals surface area (Å²) in [7, 11) is -3.88. The van der Waals surface area contributed by atoms with Gasteiger partial charge in [0.15, 0.2) is 0 Å². The van der Waals surface area contributed by atoms with Crippen molar-refractivity contribution in [3.8, 4) is 11.4 Å². The summed E-state index contributed by atoms with van der Waals surface area (Å²) < 4.78 is 33.2. The Morgan fingerprint density at radius 3 is 2.60 bits per heavy atom. The summed E-state index contributed by atoms with van der Waals surface area (Å²) in [5.41, 5.74) is 6.50. The maximum Gasteiger partial charge on any atom is 0.261 e. The number of aromatic nitrogens is 2. The highest BCUT2D eigenvalue weighted by Crippen LogP contribution is 2.45. The van der Waals surface area contributed by atoms with Crippen LogP contribution in [0.4, 0.5) is 11.4 Å². The summed E-state index contributed by atoms with van der Waals surface area (Å²) in [6.45, 7) is 2.00. The fourth-order valence-electron chi connectivity index (χ4n) is 2.83. The molecule has 9 nitrogen and oxygen atoms in total. The van der Waals surface area contributed by atoms with Gasteiger partial charge in [-0.05, 0) is 43.2 Å². The van der Waals surface area contributed by atoms with Crippen molar-refractivity contribution in [3.05, 3.63) is 54.4 Å². The average molecular weight is 427 g/mol. The van der Waals surface area contributed by atoms with Crippen LogP contribution in [0.25, 0.3) is 11.4 Å². The van der Waals surface area contributed by atoms with Gasteiger partial charge >= 0.3 is 0 Å². The van der Waals surface area contributed by atoms with Crippen LogP contribution in [-0.4, -0.2) is 24.5 Å². The predicted molar refractivity (Wildman–Crippen MR) is 111 cm³/mol. The highest BCUT2D eigenvalue weighted by molar-refractivity contribution is 7.92. The predicted octanol–water partition coefficient (Wildman–Crippen LogP) is 2.73. The van der Waals surface area contributed by atoms with E-state index in [4.69, 9.17) is 10.3 Å². The number of amides is 1. The van der Waals surface area contributed by atoms with Gasteiger partial charge in [-0.15, -0.1) is 0 Å². The Kier molecular flexibility index (Phi) is 5.04. The molecule has 4 N–H and O–H groups in total. The van der Waals surface area contributed by atoms with Crippen molar-refractivity contribution in [1.29, 1.82) is 0 Å². The zero-order valence-electron chi connectivity index (χ0n) is 16.3. The molecule has 156 valence electrons. The molecule has 1 fully saturated rings. The normalized spacial score (nSPS) is 14.9. The molecule has 0 saturated heterocycles. The minimum atomic E-state index is -3.88. The lowest BCUT2D eigenvalue weighted by Gasteiger charge is -2.12. The van der Waals surface area contributed by atoms with Gasteiger partial charge in [0.05, 0.1) is 17.1 Å². The lowest BCUT2D eigenvalue weighted by molar-refractivity contribution is -0.120. The third-order valence-corrected chi connectivity index (χ3v) is 6.35. The zero-order valence-corrected chi connectivity index (χ0v) is 17.1. The molecule has 1 aliphatic rings. The number of nitrogens with zero attached hydrogens (tertiary/aromatic N) is 2. The van der Waals surface area contributed by atoms with E-state index in [1.165, 1.54) is 12.1 Å². The number of benzene rings is 2. The molecule has 1 heterocycles. The number of nitrogens with two attached hydrogens (primary N) is 1. The third kappa shape index (κ3) is 4.19. The first-order valence-corrected chi connectivity index (χ1v) is 10.8. The van der Waals surface area contributed by atoms with Crippen molar-refractivity contribution in [3.63, 3.8) is 0 Å². The van der Waals surface area contributed by atoms with Crippen LogP contribution in [0.3, 0.4) is 0 Å². The van der Waals surface area contributed by atoms with Gasteiger partial charge in [-0.1, -0.05) is 30.3 Å². The lowest BCUT2D eigenvalue weighted by atomic mass is 10.1. The molecule has 0 spiro atoms. The van der Waals surface area contributed by atoms with Crippen LogP contribution in [-0.2, 0) is 21.4 Å². The molecule has 10 heteroatoms. The van der Waals surface area contributed by atoms with E-state index >= 15 is 0 Å². The third-order valence-electron chi connectivity index (χ3n) is 4.97. The molecular weight excluding hydrogens is 406 g/mol. The van der Waals surface area contributed by atoms with Crippen LogP contribution in [0.5, 0.6) is 0 Å². The first-order valence-electron chi connectivity index (χ1n) is 9.36. The molecule has 0 radical (unpaired) electrons. The van der Waals surface area contributed by atoms with E-state index < -0.39 is 10.0 Å². The highest BCUT2D eigenvalue weighted by Gasteiger charge is 2.44. The van der Waals surface area contributed by atoms with Crippen molar-refractivity contribution >= 4 is 27.3 Å². The Morgan fingerprint density at radius 2 is 1.90 bits per heavy atom. The Morgan fingerprint density at radius 1 is 1.17 bits per heavy atom. The van der Waals surface area contributed by atoms with Gasteiger partial charge in [0.1, 0.15) is 0 Å². The van der Waals surface area contributed by atoms with Crippen LogP contribution in [0.15, 0.2) is 57.9 Å². The van der Waals surface area contributed by atoms with E-state index in [-0.39, 0.29) is 34.5 Å². The molecule has 2 aromatic carbocycles. The monoisotopic (exact) mass is 427 g/mol. The SMILES string of the molecule is CC1(C(=O)Nc2cccc(NS(=O)(=O)c3cccc(-c4noc(CN)n4)c3)c2)CC1. The van der Waals surface area contributed by atoms with Gasteiger partial charge in [0.2, 0.25) is 17.6 Å². The molecule has 0 atom stereocenters. The second-order valence-corrected chi connectivity index (χ2v) is 9.13. The van der Waals surface area contributed by atoms with Crippen LogP contribution in [0, 0.1) is 5.41 Å². The second kappa shape index (κ2) is 7.54. The van der Waals surface area contributed by atoms with Crippen molar-refractivity contribution in [2.45, 2.75) is 31.2 Å². The molecular formula is C20H21N5O4S.